The summed E-state index contributed by atoms with van der Waals surface area (Å²) in [7, 11) is 0. The lowest BCUT2D eigenvalue weighted by Gasteiger charge is -2.23. The number of rotatable bonds is 4. The Bertz CT molecular complexity index is 1160. The van der Waals surface area contributed by atoms with Crippen molar-refractivity contribution in [1.29, 1.82) is 0 Å². The maximum Gasteiger partial charge on any atom is 0.416 e. The van der Waals surface area contributed by atoms with Crippen LogP contribution >= 0.6 is 0 Å². The maximum atomic E-state index is 13.7. The van der Waals surface area contributed by atoms with Gasteiger partial charge in [0.2, 0.25) is 0 Å². The van der Waals surface area contributed by atoms with E-state index in [9.17, 15) is 18.0 Å². The summed E-state index contributed by atoms with van der Waals surface area (Å²) in [5, 5.41) is 0. The number of halogens is 3. The summed E-state index contributed by atoms with van der Waals surface area (Å²) < 4.78 is 40.8. The number of carbonyl (C=O) groups is 1. The summed E-state index contributed by atoms with van der Waals surface area (Å²) in [5.74, 6) is 0.849. The highest BCUT2D eigenvalue weighted by Gasteiger charge is 2.35. The maximum absolute atomic E-state index is 13.7. The highest BCUT2D eigenvalue weighted by atomic mass is 19.4. The van der Waals surface area contributed by atoms with E-state index in [0.717, 1.165) is 74.4 Å². The minimum absolute atomic E-state index is 0.105. The van der Waals surface area contributed by atoms with Crippen LogP contribution in [0.1, 0.15) is 65.1 Å². The normalized spacial score (nSPS) is 16.6. The number of aryl methyl sites for hydroxylation is 3. The molecule has 0 radical (unpaired) electrons. The molecule has 5 nitrogen and oxygen atoms in total. The van der Waals surface area contributed by atoms with Crippen molar-refractivity contribution in [2.75, 3.05) is 0 Å². The van der Waals surface area contributed by atoms with Crippen LogP contribution in [0.25, 0.3) is 11.2 Å². The van der Waals surface area contributed by atoms with E-state index in [1.807, 2.05) is 6.92 Å². The number of carbonyl (C=O) groups excluding carboxylic acids is 1. The van der Waals surface area contributed by atoms with Crippen molar-refractivity contribution in [3.63, 3.8) is 0 Å². The third-order valence-electron chi connectivity index (χ3n) is 6.31. The van der Waals surface area contributed by atoms with E-state index in [1.54, 1.807) is 11.0 Å². The molecule has 0 unspecified atom stereocenters. The Morgan fingerprint density at radius 2 is 1.88 bits per heavy atom. The van der Waals surface area contributed by atoms with Gasteiger partial charge < -0.3 is 9.47 Å². The Labute approximate surface area is 184 Å². The number of aromatic nitrogens is 3. The molecule has 1 fully saturated rings. The van der Waals surface area contributed by atoms with Gasteiger partial charge in [-0.25, -0.2) is 9.97 Å². The quantitative estimate of drug-likeness (QED) is 0.552. The second-order valence-corrected chi connectivity index (χ2v) is 8.83. The molecule has 0 spiro atoms. The van der Waals surface area contributed by atoms with Gasteiger partial charge in [-0.05, 0) is 56.4 Å². The first-order valence-electron chi connectivity index (χ1n) is 11.1. The van der Waals surface area contributed by atoms with Gasteiger partial charge in [-0.2, -0.15) is 13.2 Å². The van der Waals surface area contributed by atoms with Crippen LogP contribution in [-0.2, 0) is 25.7 Å². The Morgan fingerprint density at radius 1 is 1.12 bits per heavy atom. The molecule has 0 saturated heterocycles. The van der Waals surface area contributed by atoms with Gasteiger partial charge in [0.25, 0.3) is 5.91 Å². The van der Waals surface area contributed by atoms with Crippen molar-refractivity contribution in [3.8, 4) is 0 Å². The van der Waals surface area contributed by atoms with E-state index in [-0.39, 0.29) is 18.5 Å². The highest BCUT2D eigenvalue weighted by molar-refractivity contribution is 6.04. The van der Waals surface area contributed by atoms with Crippen molar-refractivity contribution < 1.29 is 18.0 Å². The van der Waals surface area contributed by atoms with E-state index < -0.39 is 11.7 Å². The predicted molar refractivity (Wildman–Crippen MR) is 114 cm³/mol. The van der Waals surface area contributed by atoms with Crippen LogP contribution < -0.4 is 0 Å². The van der Waals surface area contributed by atoms with Crippen LogP contribution in [0.15, 0.2) is 30.3 Å². The van der Waals surface area contributed by atoms with Crippen molar-refractivity contribution in [3.05, 3.63) is 58.5 Å². The minimum atomic E-state index is -4.37. The number of alkyl halides is 3. The number of nitrogens with zero attached hydrogens (tertiary/aromatic N) is 4. The fraction of sp³-hybridized carbons (Fsp3) is 0.458. The number of hydrogen-bond acceptors (Lipinski definition) is 3. The van der Waals surface area contributed by atoms with Gasteiger partial charge in [0.05, 0.1) is 11.1 Å². The molecule has 3 heterocycles. The second kappa shape index (κ2) is 7.90. The minimum Gasteiger partial charge on any atom is -0.331 e. The van der Waals surface area contributed by atoms with Crippen molar-refractivity contribution >= 4 is 17.1 Å². The number of hydrogen-bond donors (Lipinski definition) is 0. The molecule has 3 aromatic rings. The molecule has 1 aliphatic heterocycles. The molecular formula is C24H25F3N4O. The van der Waals surface area contributed by atoms with Crippen molar-refractivity contribution in [1.82, 2.24) is 19.4 Å². The van der Waals surface area contributed by atoms with Gasteiger partial charge in [0.15, 0.2) is 5.65 Å². The topological polar surface area (TPSA) is 51.0 Å². The number of imidazole rings is 1. The van der Waals surface area contributed by atoms with Crippen LogP contribution in [-0.4, -0.2) is 31.4 Å². The smallest absolute Gasteiger partial charge is 0.331 e. The third kappa shape index (κ3) is 3.98. The summed E-state index contributed by atoms with van der Waals surface area (Å²) in [4.78, 5) is 25.0. The predicted octanol–water partition coefficient (Wildman–Crippen LogP) is 5.29. The molecule has 5 rings (SSSR count). The Kier molecular flexibility index (Phi) is 5.18. The lowest BCUT2D eigenvalue weighted by Crippen LogP contribution is -2.33. The summed E-state index contributed by atoms with van der Waals surface area (Å²) in [6.07, 6.45) is 1.61. The number of amides is 1. The first-order valence-corrected chi connectivity index (χ1v) is 11.1. The van der Waals surface area contributed by atoms with E-state index in [0.29, 0.717) is 16.6 Å². The van der Waals surface area contributed by atoms with Gasteiger partial charge >= 0.3 is 6.18 Å². The molecular weight excluding hydrogens is 417 g/mol. The Morgan fingerprint density at radius 3 is 2.56 bits per heavy atom. The van der Waals surface area contributed by atoms with Crippen molar-refractivity contribution in [2.45, 2.75) is 70.8 Å². The molecule has 0 atom stereocenters. The van der Waals surface area contributed by atoms with E-state index >= 15 is 0 Å². The molecule has 168 valence electrons. The summed E-state index contributed by atoms with van der Waals surface area (Å²) in [5.41, 5.74) is 2.69. The van der Waals surface area contributed by atoms with Crippen molar-refractivity contribution in [2.24, 2.45) is 0 Å². The largest absolute Gasteiger partial charge is 0.416 e. The van der Waals surface area contributed by atoms with E-state index in [1.165, 1.54) is 12.1 Å². The molecule has 2 aromatic heterocycles. The van der Waals surface area contributed by atoms with E-state index in [4.69, 9.17) is 9.97 Å². The van der Waals surface area contributed by atoms with Crippen LogP contribution in [0.5, 0.6) is 0 Å². The summed E-state index contributed by atoms with van der Waals surface area (Å²) in [6.45, 7) is 3.01. The van der Waals surface area contributed by atoms with Gasteiger partial charge in [-0.1, -0.05) is 18.6 Å². The average Bonchev–Trinajstić information content (AvgIpc) is 3.56. The third-order valence-corrected chi connectivity index (χ3v) is 6.31. The van der Waals surface area contributed by atoms with E-state index in [2.05, 4.69) is 4.57 Å². The fourth-order valence-corrected chi connectivity index (χ4v) is 4.48. The molecule has 2 aliphatic rings. The standard InChI is InChI=1S/C24H25F3N4O/c1-15-13-19(21-22(28-15)30-12-4-2-3-5-20(30)29-21)23(32)31(18-10-11-18)14-16-6-8-17(9-7-16)24(25,26)27/h6-9,13,18H,2-5,10-12,14H2,1H3. The lowest BCUT2D eigenvalue weighted by molar-refractivity contribution is -0.137. The molecule has 1 aliphatic carbocycles. The number of benzene rings is 1. The molecule has 8 heteroatoms. The molecule has 0 N–H and O–H groups in total. The van der Waals surface area contributed by atoms with Crippen LogP contribution in [0.4, 0.5) is 13.2 Å². The lowest BCUT2D eigenvalue weighted by atomic mass is 10.1. The first kappa shape index (κ1) is 21.0. The summed E-state index contributed by atoms with van der Waals surface area (Å²) >= 11 is 0. The second-order valence-electron chi connectivity index (χ2n) is 8.83. The first-order chi connectivity index (χ1) is 15.3. The zero-order chi connectivity index (χ0) is 22.5. The molecule has 1 amide bonds. The average molecular weight is 442 g/mol. The summed E-state index contributed by atoms with van der Waals surface area (Å²) in [6, 6.07) is 6.96. The SMILES string of the molecule is Cc1cc(C(=O)N(Cc2ccc(C(F)(F)F)cc2)C2CC2)c2nc3n(c2n1)CCCCC3. The monoisotopic (exact) mass is 442 g/mol. The molecule has 1 saturated carbocycles. The Balaban J connectivity index is 1.49. The zero-order valence-corrected chi connectivity index (χ0v) is 18.0. The van der Waals surface area contributed by atoms with Gasteiger partial charge in [0, 0.05) is 31.2 Å². The molecule has 1 aromatic carbocycles. The van der Waals surface area contributed by atoms with Gasteiger partial charge in [-0.3, -0.25) is 4.79 Å². The highest BCUT2D eigenvalue weighted by Crippen LogP contribution is 2.33. The van der Waals surface area contributed by atoms with Crippen LogP contribution in [0, 0.1) is 6.92 Å². The number of fused-ring (bicyclic) bond motifs is 3. The number of pyridine rings is 1. The zero-order valence-electron chi connectivity index (χ0n) is 18.0. The van der Waals surface area contributed by atoms with Crippen LogP contribution in [0.2, 0.25) is 0 Å². The van der Waals surface area contributed by atoms with Gasteiger partial charge in [-0.15, -0.1) is 0 Å². The van der Waals surface area contributed by atoms with Crippen LogP contribution in [0.3, 0.4) is 0 Å². The Hall–Kier alpha value is -2.90. The molecule has 32 heavy (non-hydrogen) atoms. The molecule has 0 bridgehead atoms. The fourth-order valence-electron chi connectivity index (χ4n) is 4.48. The van der Waals surface area contributed by atoms with Gasteiger partial charge in [0.1, 0.15) is 11.3 Å².